The van der Waals surface area contributed by atoms with Crippen molar-refractivity contribution in [1.82, 2.24) is 19.1 Å². The maximum atomic E-state index is 13.7. The van der Waals surface area contributed by atoms with Crippen LogP contribution in [-0.4, -0.2) is 25.0 Å². The van der Waals surface area contributed by atoms with Crippen LogP contribution in [0, 0.1) is 5.82 Å². The third-order valence-electron chi connectivity index (χ3n) is 5.62. The number of imidazole rings is 2. The van der Waals surface area contributed by atoms with Crippen LogP contribution in [0.2, 0.25) is 0 Å². The van der Waals surface area contributed by atoms with Crippen molar-refractivity contribution in [2.75, 3.05) is 5.32 Å². The van der Waals surface area contributed by atoms with Crippen molar-refractivity contribution in [3.05, 3.63) is 102 Å². The largest absolute Gasteiger partial charge is 0.449 e. The zero-order valence-corrected chi connectivity index (χ0v) is 18.7. The molecule has 0 aliphatic rings. The summed E-state index contributed by atoms with van der Waals surface area (Å²) in [5.41, 5.74) is 2.17. The first-order valence-electron chi connectivity index (χ1n) is 11.0. The van der Waals surface area contributed by atoms with Gasteiger partial charge < -0.3 is 14.5 Å². The lowest BCUT2D eigenvalue weighted by atomic mass is 10.1. The molecule has 3 aromatic carbocycles. The molecule has 182 valence electrons. The van der Waals surface area contributed by atoms with E-state index in [1.807, 2.05) is 30.3 Å². The van der Waals surface area contributed by atoms with E-state index >= 15 is 0 Å². The van der Waals surface area contributed by atoms with E-state index in [-0.39, 0.29) is 16.9 Å². The summed E-state index contributed by atoms with van der Waals surface area (Å²) in [5.74, 6) is -2.00. The molecule has 0 spiro atoms. The molecule has 0 saturated heterocycles. The fourth-order valence-corrected chi connectivity index (χ4v) is 4.00. The fraction of sp³-hybridized carbons (Fsp3) is 0.115. The smallest absolute Gasteiger partial charge is 0.312 e. The van der Waals surface area contributed by atoms with Crippen LogP contribution in [0.5, 0.6) is 0 Å². The fourth-order valence-electron chi connectivity index (χ4n) is 4.00. The van der Waals surface area contributed by atoms with E-state index in [0.717, 1.165) is 10.1 Å². The standard InChI is InChI=1S/C26H19F4N5O/c27-19-12-10-18(11-13-19)23-24(34(16-31-23)14-17-6-2-1-3-7-17)33-22(36)15-35-21-9-5-4-8-20(21)32-25(35)26(28,29)30/h1-13,16H,14-15H2,(H,33,36). The molecule has 2 heterocycles. The molecule has 0 bridgehead atoms. The number of nitrogens with one attached hydrogen (secondary N) is 1. The summed E-state index contributed by atoms with van der Waals surface area (Å²) in [6, 6.07) is 21.1. The van der Waals surface area contributed by atoms with Crippen molar-refractivity contribution in [3.63, 3.8) is 0 Å². The van der Waals surface area contributed by atoms with Gasteiger partial charge in [-0.15, -0.1) is 0 Å². The molecule has 36 heavy (non-hydrogen) atoms. The van der Waals surface area contributed by atoms with Gasteiger partial charge in [0.1, 0.15) is 23.9 Å². The van der Waals surface area contributed by atoms with Crippen molar-refractivity contribution in [2.45, 2.75) is 19.3 Å². The van der Waals surface area contributed by atoms with Gasteiger partial charge in [0.25, 0.3) is 0 Å². The first kappa shape index (κ1) is 23.3. The molecule has 1 amide bonds. The lowest BCUT2D eigenvalue weighted by Crippen LogP contribution is -2.24. The molecule has 5 rings (SSSR count). The number of halogens is 4. The maximum absolute atomic E-state index is 13.7. The Morgan fingerprint density at radius 1 is 0.917 bits per heavy atom. The Kier molecular flexibility index (Phi) is 6.01. The molecule has 5 aromatic rings. The Labute approximate surface area is 202 Å². The average molecular weight is 493 g/mol. The second-order valence-electron chi connectivity index (χ2n) is 8.12. The number of alkyl halides is 3. The van der Waals surface area contributed by atoms with Gasteiger partial charge in [0, 0.05) is 5.56 Å². The molecule has 6 nitrogen and oxygen atoms in total. The lowest BCUT2D eigenvalue weighted by Gasteiger charge is -2.14. The minimum atomic E-state index is -4.74. The number of para-hydroxylation sites is 2. The van der Waals surface area contributed by atoms with E-state index in [0.29, 0.717) is 17.8 Å². The van der Waals surface area contributed by atoms with Crippen LogP contribution >= 0.6 is 0 Å². The van der Waals surface area contributed by atoms with Crippen LogP contribution in [0.15, 0.2) is 85.2 Å². The van der Waals surface area contributed by atoms with E-state index in [9.17, 15) is 22.4 Å². The van der Waals surface area contributed by atoms with Gasteiger partial charge in [-0.25, -0.2) is 14.4 Å². The molecule has 0 saturated carbocycles. The van der Waals surface area contributed by atoms with Crippen LogP contribution in [0.3, 0.4) is 0 Å². The highest BCUT2D eigenvalue weighted by atomic mass is 19.4. The van der Waals surface area contributed by atoms with Crippen LogP contribution in [-0.2, 0) is 24.1 Å². The van der Waals surface area contributed by atoms with Crippen LogP contribution < -0.4 is 5.32 Å². The summed E-state index contributed by atoms with van der Waals surface area (Å²) in [6.45, 7) is -0.263. The predicted molar refractivity (Wildman–Crippen MR) is 127 cm³/mol. The van der Waals surface area contributed by atoms with Crippen LogP contribution in [0.4, 0.5) is 23.4 Å². The number of amides is 1. The Bertz CT molecular complexity index is 1520. The molecule has 1 N–H and O–H groups in total. The Balaban J connectivity index is 1.51. The molecule has 0 atom stereocenters. The van der Waals surface area contributed by atoms with Gasteiger partial charge in [-0.3, -0.25) is 4.79 Å². The van der Waals surface area contributed by atoms with Crippen molar-refractivity contribution in [3.8, 4) is 11.3 Å². The number of hydrogen-bond acceptors (Lipinski definition) is 3. The van der Waals surface area contributed by atoms with Gasteiger partial charge in [-0.1, -0.05) is 42.5 Å². The molecule has 0 radical (unpaired) electrons. The first-order valence-corrected chi connectivity index (χ1v) is 11.0. The molecular weight excluding hydrogens is 474 g/mol. The van der Waals surface area contributed by atoms with Gasteiger partial charge in [-0.2, -0.15) is 13.2 Å². The van der Waals surface area contributed by atoms with Gasteiger partial charge >= 0.3 is 6.18 Å². The third-order valence-corrected chi connectivity index (χ3v) is 5.62. The van der Waals surface area contributed by atoms with Crippen molar-refractivity contribution < 1.29 is 22.4 Å². The molecule has 0 fully saturated rings. The average Bonchev–Trinajstić information content (AvgIpc) is 3.42. The summed E-state index contributed by atoms with van der Waals surface area (Å²) >= 11 is 0. The second-order valence-corrected chi connectivity index (χ2v) is 8.12. The lowest BCUT2D eigenvalue weighted by molar-refractivity contribution is -0.147. The number of fused-ring (bicyclic) bond motifs is 1. The summed E-state index contributed by atoms with van der Waals surface area (Å²) in [4.78, 5) is 21.2. The number of carbonyl (C=O) groups excluding carboxylic acids is 1. The predicted octanol–water partition coefficient (Wildman–Crippen LogP) is 5.74. The Morgan fingerprint density at radius 2 is 1.61 bits per heavy atom. The highest BCUT2D eigenvalue weighted by Gasteiger charge is 2.38. The van der Waals surface area contributed by atoms with Crippen molar-refractivity contribution in [2.24, 2.45) is 0 Å². The highest BCUT2D eigenvalue weighted by Crippen LogP contribution is 2.32. The van der Waals surface area contributed by atoms with Crippen LogP contribution in [0.1, 0.15) is 11.4 Å². The Hall–Kier alpha value is -4.47. The van der Waals surface area contributed by atoms with E-state index in [4.69, 9.17) is 0 Å². The second kappa shape index (κ2) is 9.29. The minimum Gasteiger partial charge on any atom is -0.312 e. The Morgan fingerprint density at radius 3 is 2.33 bits per heavy atom. The molecule has 2 aromatic heterocycles. The number of benzene rings is 3. The zero-order chi connectivity index (χ0) is 25.3. The normalized spacial score (nSPS) is 11.7. The highest BCUT2D eigenvalue weighted by molar-refractivity contribution is 5.94. The molecular formula is C26H19F4N5O. The van der Waals surface area contributed by atoms with E-state index in [2.05, 4.69) is 15.3 Å². The number of anilines is 1. The number of nitrogens with zero attached hydrogens (tertiary/aromatic N) is 4. The maximum Gasteiger partial charge on any atom is 0.449 e. The molecule has 0 unspecified atom stereocenters. The summed E-state index contributed by atoms with van der Waals surface area (Å²) in [6.07, 6.45) is -3.22. The van der Waals surface area contributed by atoms with Gasteiger partial charge in [0.15, 0.2) is 0 Å². The van der Waals surface area contributed by atoms with Crippen LogP contribution in [0.25, 0.3) is 22.3 Å². The van der Waals surface area contributed by atoms with E-state index in [1.165, 1.54) is 42.7 Å². The van der Waals surface area contributed by atoms with E-state index in [1.54, 1.807) is 16.7 Å². The monoisotopic (exact) mass is 493 g/mol. The zero-order valence-electron chi connectivity index (χ0n) is 18.7. The summed E-state index contributed by atoms with van der Waals surface area (Å²) in [7, 11) is 0. The van der Waals surface area contributed by atoms with E-state index < -0.39 is 30.3 Å². The minimum absolute atomic E-state index is 0.138. The van der Waals surface area contributed by atoms with Gasteiger partial charge in [0.05, 0.1) is 23.9 Å². The van der Waals surface area contributed by atoms with Gasteiger partial charge in [-0.05, 0) is 42.0 Å². The van der Waals surface area contributed by atoms with Crippen molar-refractivity contribution >= 4 is 22.8 Å². The third kappa shape index (κ3) is 4.70. The SMILES string of the molecule is O=C(Cn1c(C(F)(F)F)nc2ccccc21)Nc1c(-c2ccc(F)cc2)ncn1Cc1ccccc1. The number of hydrogen-bond donors (Lipinski definition) is 1. The first-order chi connectivity index (χ1) is 17.3. The summed E-state index contributed by atoms with van der Waals surface area (Å²) < 4.78 is 57.1. The number of carbonyl (C=O) groups is 1. The molecule has 10 heteroatoms. The topological polar surface area (TPSA) is 64.7 Å². The summed E-state index contributed by atoms with van der Waals surface area (Å²) in [5, 5.41) is 2.73. The molecule has 0 aliphatic heterocycles. The number of rotatable bonds is 6. The van der Waals surface area contributed by atoms with Gasteiger partial charge in [0.2, 0.25) is 11.7 Å². The molecule has 0 aliphatic carbocycles. The quantitative estimate of drug-likeness (QED) is 0.307. The number of aromatic nitrogens is 4. The van der Waals surface area contributed by atoms with Crippen molar-refractivity contribution in [1.29, 1.82) is 0 Å².